The van der Waals surface area contributed by atoms with Gasteiger partial charge in [-0.25, -0.2) is 0 Å². The van der Waals surface area contributed by atoms with Gasteiger partial charge in [-0.3, -0.25) is 9.36 Å². The van der Waals surface area contributed by atoms with Crippen LogP contribution in [-0.2, 0) is 24.5 Å². The van der Waals surface area contributed by atoms with Crippen LogP contribution in [0.15, 0.2) is 42.5 Å². The molecule has 0 fully saturated rings. The van der Waals surface area contributed by atoms with Crippen LogP contribution in [0.4, 0.5) is 0 Å². The second-order valence-electron chi connectivity index (χ2n) is 7.82. The third-order valence-electron chi connectivity index (χ3n) is 5.15. The van der Waals surface area contributed by atoms with E-state index in [1.54, 1.807) is 6.92 Å². The number of rotatable bonds is 11. The molecule has 2 aromatic rings. The van der Waals surface area contributed by atoms with Crippen LogP contribution < -0.4 is 5.73 Å². The van der Waals surface area contributed by atoms with Gasteiger partial charge in [0.15, 0.2) is 5.78 Å². The summed E-state index contributed by atoms with van der Waals surface area (Å²) < 4.78 is 13.0. The van der Waals surface area contributed by atoms with Crippen molar-refractivity contribution in [1.82, 2.24) is 4.57 Å². The van der Waals surface area contributed by atoms with Gasteiger partial charge in [0.25, 0.3) is 0 Å². The van der Waals surface area contributed by atoms with Crippen LogP contribution in [-0.4, -0.2) is 31.8 Å². The van der Waals surface area contributed by atoms with Crippen LogP contribution in [0.2, 0.25) is 0 Å². The Hall–Kier alpha value is -1.72. The van der Waals surface area contributed by atoms with Gasteiger partial charge in [-0.05, 0) is 56.7 Å². The zero-order valence-electron chi connectivity index (χ0n) is 16.7. The molecule has 4 N–H and O–H groups in total. The zero-order chi connectivity index (χ0) is 20.8. The first-order valence-corrected chi connectivity index (χ1v) is 11.4. The standard InChI is InChI=1S/C21H31N2O4P/c1-21(22,15-16-28(25,26)27)14-13-18-11-12-19(23(18)2)20(24)10-6-9-17-7-4-3-5-8-17/h3-5,7-8,11-12H,6,9-10,13-16,22H2,1-2H3,(H2,25,26,27). The fraction of sp³-hybridized carbons (Fsp3) is 0.476. The normalized spacial score (nSPS) is 14.0. The molecule has 0 spiro atoms. The van der Waals surface area contributed by atoms with E-state index in [0.717, 1.165) is 18.5 Å². The molecular formula is C21H31N2O4P. The van der Waals surface area contributed by atoms with Crippen LogP contribution >= 0.6 is 7.60 Å². The van der Waals surface area contributed by atoms with E-state index in [1.807, 2.05) is 41.9 Å². The van der Waals surface area contributed by atoms with E-state index in [4.69, 9.17) is 15.5 Å². The van der Waals surface area contributed by atoms with Crippen molar-refractivity contribution in [2.45, 2.75) is 51.0 Å². The SMILES string of the molecule is Cn1c(CCC(C)(N)CCP(=O)(O)O)ccc1C(=O)CCCc1ccccc1. The average Bonchev–Trinajstić information content (AvgIpc) is 3.00. The first kappa shape index (κ1) is 22.6. The maximum atomic E-state index is 12.6. The first-order valence-electron chi connectivity index (χ1n) is 9.63. The van der Waals surface area contributed by atoms with Crippen molar-refractivity contribution in [3.63, 3.8) is 0 Å². The number of nitrogens with zero attached hydrogens (tertiary/aromatic N) is 1. The molecule has 1 atom stereocenters. The largest absolute Gasteiger partial charge is 0.345 e. The number of ketones is 1. The van der Waals surface area contributed by atoms with Crippen molar-refractivity contribution in [1.29, 1.82) is 0 Å². The molecule has 0 saturated heterocycles. The Balaban J connectivity index is 1.86. The van der Waals surface area contributed by atoms with Crippen LogP contribution in [0.25, 0.3) is 0 Å². The fourth-order valence-electron chi connectivity index (χ4n) is 3.25. The predicted molar refractivity (Wildman–Crippen MR) is 112 cm³/mol. The minimum atomic E-state index is -4.04. The summed E-state index contributed by atoms with van der Waals surface area (Å²) in [4.78, 5) is 30.6. The lowest BCUT2D eigenvalue weighted by Crippen LogP contribution is -2.37. The number of carbonyl (C=O) groups excluding carboxylic acids is 1. The van der Waals surface area contributed by atoms with E-state index in [0.29, 0.717) is 25.0 Å². The van der Waals surface area contributed by atoms with Crippen molar-refractivity contribution >= 4 is 13.4 Å². The molecule has 0 aliphatic rings. The lowest BCUT2D eigenvalue weighted by atomic mass is 9.93. The van der Waals surface area contributed by atoms with Crippen LogP contribution in [0, 0.1) is 0 Å². The Morgan fingerprint density at radius 2 is 1.79 bits per heavy atom. The summed E-state index contributed by atoms with van der Waals surface area (Å²) in [6, 6.07) is 13.9. The summed E-state index contributed by atoms with van der Waals surface area (Å²) in [6.45, 7) is 1.81. The second-order valence-corrected chi connectivity index (χ2v) is 9.60. The molecule has 2 rings (SSSR count). The lowest BCUT2D eigenvalue weighted by Gasteiger charge is -2.25. The summed E-state index contributed by atoms with van der Waals surface area (Å²) in [5.74, 6) is 0.127. The van der Waals surface area contributed by atoms with Gasteiger partial charge in [0, 0.05) is 24.7 Å². The third kappa shape index (κ3) is 7.36. The fourth-order valence-corrected chi connectivity index (χ4v) is 4.05. The molecule has 0 aliphatic heterocycles. The van der Waals surface area contributed by atoms with Gasteiger partial charge in [0.05, 0.1) is 11.9 Å². The molecule has 154 valence electrons. The maximum absolute atomic E-state index is 12.6. The quantitative estimate of drug-likeness (QED) is 0.392. The molecule has 0 bridgehead atoms. The monoisotopic (exact) mass is 406 g/mol. The highest BCUT2D eigenvalue weighted by Gasteiger charge is 2.24. The van der Waals surface area contributed by atoms with Crippen molar-refractivity contribution in [3.8, 4) is 0 Å². The number of nitrogens with two attached hydrogens (primary N) is 1. The molecule has 1 unspecified atom stereocenters. The number of carbonyl (C=O) groups is 1. The van der Waals surface area contributed by atoms with Crippen LogP contribution in [0.1, 0.15) is 54.4 Å². The second kappa shape index (κ2) is 9.66. The minimum absolute atomic E-state index is 0.127. The average molecular weight is 406 g/mol. The van der Waals surface area contributed by atoms with E-state index in [-0.39, 0.29) is 18.4 Å². The highest BCUT2D eigenvalue weighted by Crippen LogP contribution is 2.37. The maximum Gasteiger partial charge on any atom is 0.325 e. The Morgan fingerprint density at radius 1 is 1.11 bits per heavy atom. The molecule has 0 aliphatic carbocycles. The first-order chi connectivity index (χ1) is 13.1. The van der Waals surface area contributed by atoms with Crippen LogP contribution in [0.5, 0.6) is 0 Å². The van der Waals surface area contributed by atoms with Gasteiger partial charge >= 0.3 is 7.60 Å². The van der Waals surface area contributed by atoms with Gasteiger partial charge in [-0.15, -0.1) is 0 Å². The van der Waals surface area contributed by atoms with Gasteiger partial charge in [-0.1, -0.05) is 30.3 Å². The van der Waals surface area contributed by atoms with E-state index in [2.05, 4.69) is 12.1 Å². The van der Waals surface area contributed by atoms with Gasteiger partial charge in [0.2, 0.25) is 0 Å². The number of hydrogen-bond acceptors (Lipinski definition) is 3. The van der Waals surface area contributed by atoms with Crippen LogP contribution in [0.3, 0.4) is 0 Å². The van der Waals surface area contributed by atoms with Gasteiger partial charge in [0.1, 0.15) is 0 Å². The van der Waals surface area contributed by atoms with E-state index < -0.39 is 13.1 Å². The Bertz CT molecular complexity index is 824. The number of Topliss-reactive ketones (excluding diaryl/α,β-unsaturated/α-hetero) is 1. The summed E-state index contributed by atoms with van der Waals surface area (Å²) in [7, 11) is -2.16. The zero-order valence-corrected chi connectivity index (χ0v) is 17.6. The number of aromatic nitrogens is 1. The molecule has 0 radical (unpaired) electrons. The molecule has 7 heteroatoms. The van der Waals surface area contributed by atoms with Crippen molar-refractivity contribution in [2.24, 2.45) is 12.8 Å². The smallest absolute Gasteiger partial charge is 0.325 e. The van der Waals surface area contributed by atoms with E-state index in [9.17, 15) is 9.36 Å². The van der Waals surface area contributed by atoms with E-state index >= 15 is 0 Å². The predicted octanol–water partition coefficient (Wildman–Crippen LogP) is 3.45. The molecule has 0 saturated carbocycles. The lowest BCUT2D eigenvalue weighted by molar-refractivity contribution is 0.0972. The van der Waals surface area contributed by atoms with Crippen molar-refractivity contribution < 1.29 is 19.1 Å². The Kier molecular flexibility index (Phi) is 7.79. The third-order valence-corrected chi connectivity index (χ3v) is 5.96. The van der Waals surface area contributed by atoms with Crippen molar-refractivity contribution in [3.05, 3.63) is 59.4 Å². The molecule has 28 heavy (non-hydrogen) atoms. The molecule has 1 aromatic carbocycles. The summed E-state index contributed by atoms with van der Waals surface area (Å²) in [6.07, 6.45) is 3.49. The summed E-state index contributed by atoms with van der Waals surface area (Å²) >= 11 is 0. The molecule has 0 amide bonds. The molecular weight excluding hydrogens is 375 g/mol. The highest BCUT2D eigenvalue weighted by molar-refractivity contribution is 7.51. The number of aryl methyl sites for hydroxylation is 2. The Labute approximate surface area is 166 Å². The minimum Gasteiger partial charge on any atom is -0.345 e. The summed E-state index contributed by atoms with van der Waals surface area (Å²) in [5, 5.41) is 0. The topological polar surface area (TPSA) is 106 Å². The number of hydrogen-bond donors (Lipinski definition) is 3. The van der Waals surface area contributed by atoms with E-state index in [1.165, 1.54) is 5.56 Å². The van der Waals surface area contributed by atoms with Crippen molar-refractivity contribution in [2.75, 3.05) is 6.16 Å². The number of benzene rings is 1. The molecule has 1 heterocycles. The Morgan fingerprint density at radius 3 is 2.43 bits per heavy atom. The molecule has 1 aromatic heterocycles. The highest BCUT2D eigenvalue weighted by atomic mass is 31.2. The summed E-state index contributed by atoms with van der Waals surface area (Å²) in [5.41, 5.74) is 8.46. The van der Waals surface area contributed by atoms with Gasteiger partial charge < -0.3 is 20.1 Å². The van der Waals surface area contributed by atoms with Gasteiger partial charge in [-0.2, -0.15) is 0 Å². The molecule has 6 nitrogen and oxygen atoms in total.